The lowest BCUT2D eigenvalue weighted by atomic mass is 9.91. The molecule has 5 unspecified atom stereocenters. The average Bonchev–Trinajstić information content (AvgIpc) is 3.78. The van der Waals surface area contributed by atoms with E-state index in [2.05, 4.69) is 24.4 Å². The van der Waals surface area contributed by atoms with Crippen molar-refractivity contribution in [1.82, 2.24) is 15.2 Å². The lowest BCUT2D eigenvalue weighted by molar-refractivity contribution is -0.268. The Hall–Kier alpha value is -5.37. The predicted molar refractivity (Wildman–Crippen MR) is 219 cm³/mol. The summed E-state index contributed by atoms with van der Waals surface area (Å²) in [4.78, 5) is 44.7. The maximum absolute atomic E-state index is 13.3. The van der Waals surface area contributed by atoms with E-state index in [1.54, 1.807) is 23.1 Å². The van der Waals surface area contributed by atoms with Crippen LogP contribution in [0.4, 0.5) is 4.79 Å². The zero-order valence-electron chi connectivity index (χ0n) is 31.2. The number of aliphatic hydroxyl groups excluding tert-OH is 1. The fourth-order valence-electron chi connectivity index (χ4n) is 7.14. The number of aliphatic hydroxyl groups is 1. The molecule has 5 atom stereocenters. The number of alkyl carbamates (subject to hydrolysis) is 1. The number of hydrogen-bond acceptors (Lipinski definition) is 10. The normalized spacial score (nSPS) is 20.9. The lowest BCUT2D eigenvalue weighted by Gasteiger charge is -2.41. The van der Waals surface area contributed by atoms with Gasteiger partial charge in [-0.2, -0.15) is 0 Å². The van der Waals surface area contributed by atoms with Gasteiger partial charge < -0.3 is 24.6 Å². The molecule has 8 rings (SSSR count). The second-order valence-electron chi connectivity index (χ2n) is 14.2. The summed E-state index contributed by atoms with van der Waals surface area (Å²) in [6, 6.07) is 40.0. The monoisotopic (exact) mass is 799 g/mol. The number of amides is 3. The third-order valence-electron chi connectivity index (χ3n) is 10.3. The maximum Gasteiger partial charge on any atom is 0.408 e. The molecule has 1 aromatic heterocycles. The molecule has 57 heavy (non-hydrogen) atoms. The van der Waals surface area contributed by atoms with Crippen LogP contribution < -0.4 is 5.32 Å². The van der Waals surface area contributed by atoms with Crippen molar-refractivity contribution in [3.63, 3.8) is 0 Å². The molecule has 6 aromatic rings. The van der Waals surface area contributed by atoms with Crippen LogP contribution >= 0.6 is 23.1 Å². The first-order valence-electron chi connectivity index (χ1n) is 18.8. The fourth-order valence-corrected chi connectivity index (χ4v) is 9.40. The Morgan fingerprint density at radius 1 is 0.860 bits per heavy atom. The Morgan fingerprint density at radius 2 is 1.60 bits per heavy atom. The number of nitrogens with one attached hydrogen (secondary N) is 1. The van der Waals surface area contributed by atoms with Gasteiger partial charge in [0.25, 0.3) is 5.91 Å². The number of benzene rings is 5. The number of likely N-dealkylation sites (tertiary alicyclic amines) is 1. The van der Waals surface area contributed by atoms with Crippen LogP contribution in [0.1, 0.15) is 53.6 Å². The second-order valence-corrected chi connectivity index (χ2v) is 16.5. The van der Waals surface area contributed by atoms with E-state index < -0.39 is 24.3 Å². The number of nitrogens with zero attached hydrogens (tertiary/aromatic N) is 2. The van der Waals surface area contributed by atoms with E-state index >= 15 is 0 Å². The molecule has 2 aliphatic rings. The summed E-state index contributed by atoms with van der Waals surface area (Å²) in [5.41, 5.74) is 7.10. The highest BCUT2D eigenvalue weighted by Crippen LogP contribution is 2.44. The Bertz CT molecular complexity index is 2340. The Morgan fingerprint density at radius 3 is 2.39 bits per heavy atom. The zero-order valence-corrected chi connectivity index (χ0v) is 32.8. The molecule has 0 aliphatic carbocycles. The van der Waals surface area contributed by atoms with E-state index in [0.717, 1.165) is 53.5 Å². The summed E-state index contributed by atoms with van der Waals surface area (Å²) in [6.45, 7) is 2.25. The van der Waals surface area contributed by atoms with E-state index in [0.29, 0.717) is 5.75 Å². The minimum absolute atomic E-state index is 0.0220. The van der Waals surface area contributed by atoms with Gasteiger partial charge in [-0.15, -0.1) is 11.3 Å². The van der Waals surface area contributed by atoms with Crippen LogP contribution in [0.3, 0.4) is 0 Å². The van der Waals surface area contributed by atoms with Crippen LogP contribution in [0.25, 0.3) is 21.3 Å². The highest BCUT2D eigenvalue weighted by atomic mass is 32.2. The number of carbonyl (C=O) groups is 3. The van der Waals surface area contributed by atoms with E-state index in [1.165, 1.54) is 4.90 Å². The van der Waals surface area contributed by atoms with Gasteiger partial charge in [-0.25, -0.2) is 9.78 Å². The molecular weight excluding hydrogens is 759 g/mol. The summed E-state index contributed by atoms with van der Waals surface area (Å²) in [5, 5.41) is 12.2. The van der Waals surface area contributed by atoms with Crippen molar-refractivity contribution in [2.75, 3.05) is 5.75 Å². The van der Waals surface area contributed by atoms with Crippen molar-refractivity contribution in [3.8, 4) is 11.1 Å². The molecule has 3 amide bonds. The molecule has 0 spiro atoms. The molecule has 2 N–H and O–H groups in total. The SMILES string of the molecule is CC1C(CSc2nc3ccccc3s2)OC(c2cccc(-c3cccc(CN4C(=O)CC(NC(=O)OCc5ccccc5)C4=O)c3)c2)OC1c1ccc(CO)cc1. The molecule has 2 fully saturated rings. The summed E-state index contributed by atoms with van der Waals surface area (Å²) in [7, 11) is 0. The second kappa shape index (κ2) is 17.4. The molecule has 5 aromatic carbocycles. The first kappa shape index (κ1) is 38.5. The maximum atomic E-state index is 13.3. The zero-order chi connectivity index (χ0) is 39.3. The van der Waals surface area contributed by atoms with Crippen molar-refractivity contribution < 1.29 is 33.7 Å². The van der Waals surface area contributed by atoms with Crippen LogP contribution in [0, 0.1) is 5.92 Å². The van der Waals surface area contributed by atoms with Gasteiger partial charge >= 0.3 is 6.09 Å². The first-order valence-corrected chi connectivity index (χ1v) is 20.6. The van der Waals surface area contributed by atoms with Crippen molar-refractivity contribution in [2.24, 2.45) is 5.92 Å². The Balaban J connectivity index is 0.968. The van der Waals surface area contributed by atoms with Gasteiger partial charge in [0.2, 0.25) is 5.91 Å². The van der Waals surface area contributed by atoms with Gasteiger partial charge in [0.1, 0.15) is 12.6 Å². The standard InChI is InChI=1S/C45H41N3O7S2/c1-28-38(27-56-45-47-36-15-5-6-16-39(36)57-45)54-43(55-41(28)32-19-17-29(25-49)18-20-32)35-14-8-13-34(22-35)33-12-7-11-31(21-33)24-48-40(50)23-37(42(48)51)46-44(52)53-26-30-9-3-2-4-10-30/h2-22,28,37-38,41,43,49H,23-27H2,1H3,(H,46,52). The summed E-state index contributed by atoms with van der Waals surface area (Å²) >= 11 is 3.37. The number of thiazole rings is 1. The van der Waals surface area contributed by atoms with Crippen LogP contribution in [-0.2, 0) is 43.6 Å². The predicted octanol–water partition coefficient (Wildman–Crippen LogP) is 8.59. The minimum Gasteiger partial charge on any atom is -0.445 e. The molecule has 0 saturated carbocycles. The summed E-state index contributed by atoms with van der Waals surface area (Å²) < 4.78 is 20.9. The Kier molecular flexibility index (Phi) is 11.8. The van der Waals surface area contributed by atoms with Gasteiger partial charge in [0.05, 0.1) is 42.0 Å². The van der Waals surface area contributed by atoms with Gasteiger partial charge in [-0.1, -0.05) is 122 Å². The number of rotatable bonds is 12. The smallest absolute Gasteiger partial charge is 0.408 e. The van der Waals surface area contributed by atoms with Crippen LogP contribution in [0.5, 0.6) is 0 Å². The third-order valence-corrected chi connectivity index (χ3v) is 12.5. The van der Waals surface area contributed by atoms with Crippen molar-refractivity contribution in [2.45, 2.75) is 62.0 Å². The number of thioether (sulfide) groups is 1. The Labute approximate surface area is 338 Å². The topological polar surface area (TPSA) is 127 Å². The number of imide groups is 1. The number of carbonyl (C=O) groups excluding carboxylic acids is 3. The number of aromatic nitrogens is 1. The molecule has 3 heterocycles. The van der Waals surface area contributed by atoms with Crippen molar-refractivity contribution in [3.05, 3.63) is 155 Å². The molecule has 2 aliphatic heterocycles. The van der Waals surface area contributed by atoms with Gasteiger partial charge in [0.15, 0.2) is 10.6 Å². The van der Waals surface area contributed by atoms with E-state index in [9.17, 15) is 19.5 Å². The molecule has 12 heteroatoms. The van der Waals surface area contributed by atoms with Gasteiger partial charge in [-0.05, 0) is 57.6 Å². The summed E-state index contributed by atoms with van der Waals surface area (Å²) in [6.07, 6.45) is -1.96. The van der Waals surface area contributed by atoms with E-state index in [1.807, 2.05) is 115 Å². The first-order chi connectivity index (χ1) is 27.8. The molecule has 290 valence electrons. The highest BCUT2D eigenvalue weighted by molar-refractivity contribution is 8.01. The summed E-state index contributed by atoms with van der Waals surface area (Å²) in [5.74, 6) is -0.125. The quantitative estimate of drug-likeness (QED) is 0.0925. The van der Waals surface area contributed by atoms with E-state index in [-0.39, 0.29) is 50.2 Å². The minimum atomic E-state index is -0.987. The molecular formula is C45H41N3O7S2. The fraction of sp³-hybridized carbons (Fsp3) is 0.244. The number of para-hydroxylation sites is 1. The lowest BCUT2D eigenvalue weighted by Crippen LogP contribution is -2.41. The van der Waals surface area contributed by atoms with Gasteiger partial charge in [-0.3, -0.25) is 14.5 Å². The van der Waals surface area contributed by atoms with Crippen molar-refractivity contribution >= 4 is 51.2 Å². The number of hydrogen-bond donors (Lipinski definition) is 2. The molecule has 10 nitrogen and oxygen atoms in total. The van der Waals surface area contributed by atoms with Gasteiger partial charge in [0, 0.05) is 17.2 Å². The molecule has 0 radical (unpaired) electrons. The number of ether oxygens (including phenoxy) is 3. The third kappa shape index (κ3) is 8.96. The highest BCUT2D eigenvalue weighted by Gasteiger charge is 2.40. The van der Waals surface area contributed by atoms with Crippen LogP contribution in [0.2, 0.25) is 0 Å². The van der Waals surface area contributed by atoms with E-state index in [4.69, 9.17) is 19.2 Å². The molecule has 0 bridgehead atoms. The van der Waals surface area contributed by atoms with Crippen molar-refractivity contribution in [1.29, 1.82) is 0 Å². The molecule has 2 saturated heterocycles. The van der Waals surface area contributed by atoms with Crippen LogP contribution in [0.15, 0.2) is 132 Å². The largest absolute Gasteiger partial charge is 0.445 e. The average molecular weight is 800 g/mol. The van der Waals surface area contributed by atoms with Crippen LogP contribution in [-0.4, -0.2) is 50.8 Å². The number of fused-ring (bicyclic) bond motifs is 1.